The maximum absolute atomic E-state index is 11.6. The van der Waals surface area contributed by atoms with Crippen LogP contribution >= 0.6 is 0 Å². The Labute approximate surface area is 101 Å². The van der Waals surface area contributed by atoms with Crippen LogP contribution in [-0.4, -0.2) is 37.7 Å². The molecule has 0 aliphatic carbocycles. The topological polar surface area (TPSA) is 49.4 Å². The number of para-hydroxylation sites is 1. The van der Waals surface area contributed by atoms with E-state index in [9.17, 15) is 9.59 Å². The van der Waals surface area contributed by atoms with Crippen molar-refractivity contribution in [2.75, 3.05) is 26.0 Å². The fraction of sp³-hybridized carbons (Fsp3) is 0.231. The van der Waals surface area contributed by atoms with Crippen molar-refractivity contribution in [3.8, 4) is 0 Å². The average molecular weight is 232 g/mol. The van der Waals surface area contributed by atoms with Gasteiger partial charge < -0.3 is 10.2 Å². The molecule has 0 aliphatic heterocycles. The van der Waals surface area contributed by atoms with Crippen molar-refractivity contribution in [2.45, 2.75) is 0 Å². The van der Waals surface area contributed by atoms with E-state index in [1.807, 2.05) is 32.3 Å². The van der Waals surface area contributed by atoms with Gasteiger partial charge in [-0.3, -0.25) is 9.59 Å². The van der Waals surface area contributed by atoms with Gasteiger partial charge in [-0.1, -0.05) is 18.2 Å². The molecule has 17 heavy (non-hydrogen) atoms. The molecule has 0 aliphatic rings. The van der Waals surface area contributed by atoms with Crippen molar-refractivity contribution in [2.24, 2.45) is 0 Å². The van der Waals surface area contributed by atoms with E-state index in [0.29, 0.717) is 18.5 Å². The number of allylic oxidation sites excluding steroid dienone is 1. The smallest absolute Gasteiger partial charge is 0.238 e. The van der Waals surface area contributed by atoms with E-state index in [1.165, 1.54) is 6.08 Å². The number of rotatable bonds is 5. The fourth-order valence-electron chi connectivity index (χ4n) is 1.38. The van der Waals surface area contributed by atoms with E-state index in [4.69, 9.17) is 0 Å². The molecule has 1 aromatic carbocycles. The first-order valence-electron chi connectivity index (χ1n) is 5.29. The predicted molar refractivity (Wildman–Crippen MR) is 68.7 cm³/mol. The van der Waals surface area contributed by atoms with Crippen LogP contribution in [0.25, 0.3) is 6.08 Å². The Morgan fingerprint density at radius 1 is 1.35 bits per heavy atom. The minimum absolute atomic E-state index is 0.0815. The minimum atomic E-state index is -0.0815. The third kappa shape index (κ3) is 4.61. The van der Waals surface area contributed by atoms with Gasteiger partial charge in [-0.25, -0.2) is 0 Å². The standard InChI is InChI=1S/C13H16N2O2/c1-15(2)10-13(17)14-12-8-4-3-6-11(12)7-5-9-16/h3-9H,10H2,1-2H3,(H,14,17)/b7-5+. The summed E-state index contributed by atoms with van der Waals surface area (Å²) in [5.41, 5.74) is 1.52. The highest BCUT2D eigenvalue weighted by Gasteiger charge is 2.05. The van der Waals surface area contributed by atoms with Crippen LogP contribution in [0.1, 0.15) is 5.56 Å². The number of hydrogen-bond acceptors (Lipinski definition) is 3. The Hall–Kier alpha value is -1.94. The zero-order chi connectivity index (χ0) is 12.7. The molecular weight excluding hydrogens is 216 g/mol. The molecule has 1 amide bonds. The highest BCUT2D eigenvalue weighted by Crippen LogP contribution is 2.16. The van der Waals surface area contributed by atoms with Crippen molar-refractivity contribution >= 4 is 24.0 Å². The lowest BCUT2D eigenvalue weighted by Crippen LogP contribution is -2.27. The minimum Gasteiger partial charge on any atom is -0.324 e. The molecule has 0 saturated carbocycles. The summed E-state index contributed by atoms with van der Waals surface area (Å²) in [6.45, 7) is 0.325. The van der Waals surface area contributed by atoms with E-state index in [-0.39, 0.29) is 5.91 Å². The SMILES string of the molecule is CN(C)CC(=O)Nc1ccccc1/C=C/C=O. The maximum Gasteiger partial charge on any atom is 0.238 e. The van der Waals surface area contributed by atoms with E-state index in [0.717, 1.165) is 5.56 Å². The van der Waals surface area contributed by atoms with Crippen molar-refractivity contribution < 1.29 is 9.59 Å². The molecule has 0 aromatic heterocycles. The summed E-state index contributed by atoms with van der Waals surface area (Å²) in [5, 5.41) is 2.80. The molecule has 4 nitrogen and oxygen atoms in total. The lowest BCUT2D eigenvalue weighted by Gasteiger charge is -2.11. The van der Waals surface area contributed by atoms with Gasteiger partial charge in [0, 0.05) is 5.69 Å². The summed E-state index contributed by atoms with van der Waals surface area (Å²) in [6.07, 6.45) is 3.77. The molecule has 0 atom stereocenters. The molecule has 0 unspecified atom stereocenters. The number of hydrogen-bond donors (Lipinski definition) is 1. The number of carbonyl (C=O) groups excluding carboxylic acids is 2. The zero-order valence-electron chi connectivity index (χ0n) is 10.0. The first-order chi connectivity index (χ1) is 8.13. The Morgan fingerprint density at radius 2 is 2.06 bits per heavy atom. The first-order valence-corrected chi connectivity index (χ1v) is 5.29. The summed E-state index contributed by atoms with van der Waals surface area (Å²) in [6, 6.07) is 7.33. The Morgan fingerprint density at radius 3 is 2.71 bits per heavy atom. The third-order valence-electron chi connectivity index (χ3n) is 2.05. The van der Waals surface area contributed by atoms with Gasteiger partial charge in [0.25, 0.3) is 0 Å². The number of aldehydes is 1. The summed E-state index contributed by atoms with van der Waals surface area (Å²) >= 11 is 0. The monoisotopic (exact) mass is 232 g/mol. The van der Waals surface area contributed by atoms with E-state index >= 15 is 0 Å². The van der Waals surface area contributed by atoms with E-state index < -0.39 is 0 Å². The number of nitrogens with zero attached hydrogens (tertiary/aromatic N) is 1. The summed E-state index contributed by atoms with van der Waals surface area (Å²) < 4.78 is 0. The lowest BCUT2D eigenvalue weighted by atomic mass is 10.1. The normalized spacial score (nSPS) is 10.8. The van der Waals surface area contributed by atoms with E-state index in [1.54, 1.807) is 17.0 Å². The second-order valence-corrected chi connectivity index (χ2v) is 3.87. The van der Waals surface area contributed by atoms with Gasteiger partial charge in [-0.15, -0.1) is 0 Å². The summed E-state index contributed by atoms with van der Waals surface area (Å²) in [4.78, 5) is 23.7. The Bertz CT molecular complexity index is 425. The highest BCUT2D eigenvalue weighted by molar-refractivity contribution is 5.94. The van der Waals surface area contributed by atoms with Gasteiger partial charge in [-0.05, 0) is 37.9 Å². The van der Waals surface area contributed by atoms with E-state index in [2.05, 4.69) is 5.32 Å². The maximum atomic E-state index is 11.6. The van der Waals surface area contributed by atoms with Gasteiger partial charge in [-0.2, -0.15) is 0 Å². The third-order valence-corrected chi connectivity index (χ3v) is 2.05. The summed E-state index contributed by atoms with van der Waals surface area (Å²) in [7, 11) is 3.66. The molecule has 0 fully saturated rings. The number of likely N-dealkylation sites (N-methyl/N-ethyl adjacent to an activating group) is 1. The molecule has 1 rings (SSSR count). The van der Waals surface area contributed by atoms with Crippen molar-refractivity contribution in [3.63, 3.8) is 0 Å². The van der Waals surface area contributed by atoms with Crippen molar-refractivity contribution in [3.05, 3.63) is 35.9 Å². The largest absolute Gasteiger partial charge is 0.324 e. The highest BCUT2D eigenvalue weighted by atomic mass is 16.2. The number of carbonyl (C=O) groups is 2. The van der Waals surface area contributed by atoms with Crippen molar-refractivity contribution in [1.82, 2.24) is 4.90 Å². The molecule has 1 N–H and O–H groups in total. The van der Waals surface area contributed by atoms with Crippen molar-refractivity contribution in [1.29, 1.82) is 0 Å². The quantitative estimate of drug-likeness (QED) is 0.616. The molecule has 0 saturated heterocycles. The van der Waals surface area contributed by atoms with Crippen LogP contribution < -0.4 is 5.32 Å². The van der Waals surface area contributed by atoms with Crippen LogP contribution in [0.4, 0.5) is 5.69 Å². The van der Waals surface area contributed by atoms with Crippen LogP contribution in [0, 0.1) is 0 Å². The average Bonchev–Trinajstić information content (AvgIpc) is 2.26. The molecule has 0 spiro atoms. The second kappa shape index (κ2) is 6.60. The van der Waals surface area contributed by atoms with Crippen LogP contribution in [-0.2, 0) is 9.59 Å². The van der Waals surface area contributed by atoms with Crippen LogP contribution in [0.3, 0.4) is 0 Å². The van der Waals surface area contributed by atoms with Crippen LogP contribution in [0.5, 0.6) is 0 Å². The fourth-order valence-corrected chi connectivity index (χ4v) is 1.38. The molecule has 0 bridgehead atoms. The molecule has 1 aromatic rings. The predicted octanol–water partition coefficient (Wildman–Crippen LogP) is 1.40. The molecule has 4 heteroatoms. The van der Waals surface area contributed by atoms with Gasteiger partial charge >= 0.3 is 0 Å². The van der Waals surface area contributed by atoms with Gasteiger partial charge in [0.1, 0.15) is 6.29 Å². The Kier molecular flexibility index (Phi) is 5.10. The second-order valence-electron chi connectivity index (χ2n) is 3.87. The number of amides is 1. The first kappa shape index (κ1) is 13.1. The van der Waals surface area contributed by atoms with Gasteiger partial charge in [0.2, 0.25) is 5.91 Å². The van der Waals surface area contributed by atoms with Gasteiger partial charge in [0.05, 0.1) is 6.54 Å². The number of anilines is 1. The number of nitrogens with one attached hydrogen (secondary N) is 1. The molecule has 0 radical (unpaired) electrons. The van der Waals surface area contributed by atoms with Crippen LogP contribution in [0.15, 0.2) is 30.3 Å². The molecule has 90 valence electrons. The Balaban J connectivity index is 2.79. The van der Waals surface area contributed by atoms with Gasteiger partial charge in [0.15, 0.2) is 0 Å². The lowest BCUT2D eigenvalue weighted by molar-refractivity contribution is -0.116. The summed E-state index contributed by atoms with van der Waals surface area (Å²) in [5.74, 6) is -0.0815. The molecule has 0 heterocycles. The number of benzene rings is 1. The zero-order valence-corrected chi connectivity index (χ0v) is 10.0. The van der Waals surface area contributed by atoms with Crippen LogP contribution in [0.2, 0.25) is 0 Å². The molecular formula is C13H16N2O2.